The Morgan fingerprint density at radius 2 is 1.75 bits per heavy atom. The average molecular weight is 317 g/mol. The van der Waals surface area contributed by atoms with Crippen molar-refractivity contribution in [3.63, 3.8) is 0 Å². The average Bonchev–Trinajstić information content (AvgIpc) is 3.07. The number of nitrogens with zero attached hydrogens (tertiary/aromatic N) is 3. The summed E-state index contributed by atoms with van der Waals surface area (Å²) in [5.74, 6) is 0.761. The second-order valence-electron chi connectivity index (χ2n) is 5.48. The molecule has 3 aromatic heterocycles. The van der Waals surface area contributed by atoms with Crippen molar-refractivity contribution in [1.29, 1.82) is 0 Å². The fourth-order valence-corrected chi connectivity index (χ4v) is 2.71. The zero-order chi connectivity index (χ0) is 16.4. The molecule has 0 aliphatic carbocycles. The minimum Gasteiger partial charge on any atom is -0.454 e. The van der Waals surface area contributed by atoms with Crippen LogP contribution in [0.5, 0.6) is 0 Å². The van der Waals surface area contributed by atoms with Crippen molar-refractivity contribution in [2.75, 3.05) is 6.61 Å². The van der Waals surface area contributed by atoms with Gasteiger partial charge in [-0.25, -0.2) is 9.97 Å². The molecule has 0 saturated carbocycles. The van der Waals surface area contributed by atoms with E-state index in [0.29, 0.717) is 6.42 Å². The first-order valence-electron chi connectivity index (χ1n) is 7.69. The van der Waals surface area contributed by atoms with Gasteiger partial charge in [0.15, 0.2) is 5.58 Å². The highest BCUT2D eigenvalue weighted by Crippen LogP contribution is 2.33. The SMILES string of the molecule is OCCc1ccc(-c2cc3nccc(-c4cncnc4)c3o2)cc1. The summed E-state index contributed by atoms with van der Waals surface area (Å²) in [5.41, 5.74) is 5.41. The zero-order valence-corrected chi connectivity index (χ0v) is 12.9. The Labute approximate surface area is 138 Å². The monoisotopic (exact) mass is 317 g/mol. The summed E-state index contributed by atoms with van der Waals surface area (Å²) in [7, 11) is 0. The van der Waals surface area contributed by atoms with E-state index in [9.17, 15) is 0 Å². The number of hydrogen-bond donors (Lipinski definition) is 1. The fourth-order valence-electron chi connectivity index (χ4n) is 2.71. The molecule has 0 atom stereocenters. The number of pyridine rings is 1. The van der Waals surface area contributed by atoms with Crippen LogP contribution in [0.2, 0.25) is 0 Å². The van der Waals surface area contributed by atoms with Gasteiger partial charge in [-0.2, -0.15) is 0 Å². The van der Waals surface area contributed by atoms with E-state index in [1.165, 1.54) is 6.33 Å². The Bertz CT molecular complexity index is 963. The number of fused-ring (bicyclic) bond motifs is 1. The smallest absolute Gasteiger partial charge is 0.161 e. The van der Waals surface area contributed by atoms with Gasteiger partial charge in [-0.15, -0.1) is 0 Å². The van der Waals surface area contributed by atoms with Crippen LogP contribution in [0.1, 0.15) is 5.56 Å². The van der Waals surface area contributed by atoms with Gasteiger partial charge >= 0.3 is 0 Å². The van der Waals surface area contributed by atoms with Gasteiger partial charge in [0.1, 0.15) is 17.6 Å². The molecular weight excluding hydrogens is 302 g/mol. The van der Waals surface area contributed by atoms with Crippen LogP contribution < -0.4 is 0 Å². The largest absolute Gasteiger partial charge is 0.454 e. The van der Waals surface area contributed by atoms with Gasteiger partial charge in [-0.3, -0.25) is 4.98 Å². The highest BCUT2D eigenvalue weighted by molar-refractivity contribution is 5.92. The number of hydrogen-bond acceptors (Lipinski definition) is 5. The van der Waals surface area contributed by atoms with E-state index >= 15 is 0 Å². The zero-order valence-electron chi connectivity index (χ0n) is 12.9. The van der Waals surface area contributed by atoms with Crippen LogP contribution in [0.15, 0.2) is 65.7 Å². The lowest BCUT2D eigenvalue weighted by Crippen LogP contribution is -1.89. The van der Waals surface area contributed by atoms with Gasteiger partial charge < -0.3 is 9.52 Å². The van der Waals surface area contributed by atoms with Gasteiger partial charge in [0, 0.05) is 48.0 Å². The molecular formula is C19H15N3O2. The van der Waals surface area contributed by atoms with Gasteiger partial charge in [0.05, 0.1) is 0 Å². The van der Waals surface area contributed by atoms with Crippen molar-refractivity contribution in [3.05, 3.63) is 66.9 Å². The summed E-state index contributed by atoms with van der Waals surface area (Å²) in [4.78, 5) is 12.5. The number of aliphatic hydroxyl groups excluding tert-OH is 1. The van der Waals surface area contributed by atoms with Crippen molar-refractivity contribution in [1.82, 2.24) is 15.0 Å². The van der Waals surface area contributed by atoms with Crippen LogP contribution in [-0.2, 0) is 6.42 Å². The Balaban J connectivity index is 1.78. The third kappa shape index (κ3) is 2.66. The lowest BCUT2D eigenvalue weighted by molar-refractivity contribution is 0.299. The normalized spacial score (nSPS) is 11.0. The van der Waals surface area contributed by atoms with Gasteiger partial charge in [-0.05, 0) is 18.1 Å². The van der Waals surface area contributed by atoms with E-state index in [0.717, 1.165) is 39.1 Å². The van der Waals surface area contributed by atoms with Crippen molar-refractivity contribution in [2.45, 2.75) is 6.42 Å². The lowest BCUT2D eigenvalue weighted by atomic mass is 10.1. The molecule has 5 nitrogen and oxygen atoms in total. The predicted octanol–water partition coefficient (Wildman–Crippen LogP) is 3.49. The van der Waals surface area contributed by atoms with Crippen LogP contribution in [0.4, 0.5) is 0 Å². The molecule has 3 heterocycles. The Kier molecular flexibility index (Phi) is 3.76. The fraction of sp³-hybridized carbons (Fsp3) is 0.105. The maximum Gasteiger partial charge on any atom is 0.161 e. The van der Waals surface area contributed by atoms with E-state index in [4.69, 9.17) is 9.52 Å². The van der Waals surface area contributed by atoms with Crippen LogP contribution in [-0.4, -0.2) is 26.7 Å². The topological polar surface area (TPSA) is 72.0 Å². The van der Waals surface area contributed by atoms with Crippen LogP contribution in [0.25, 0.3) is 33.6 Å². The van der Waals surface area contributed by atoms with Crippen molar-refractivity contribution in [3.8, 4) is 22.5 Å². The summed E-state index contributed by atoms with van der Waals surface area (Å²) in [5, 5.41) is 9.00. The number of aromatic nitrogens is 3. The molecule has 0 aliphatic heterocycles. The van der Waals surface area contributed by atoms with Crippen molar-refractivity contribution in [2.24, 2.45) is 0 Å². The molecule has 1 N–H and O–H groups in total. The molecule has 24 heavy (non-hydrogen) atoms. The Morgan fingerprint density at radius 3 is 2.50 bits per heavy atom. The highest BCUT2D eigenvalue weighted by Gasteiger charge is 2.12. The second-order valence-corrected chi connectivity index (χ2v) is 5.48. The summed E-state index contributed by atoms with van der Waals surface area (Å²) < 4.78 is 6.07. The molecule has 0 radical (unpaired) electrons. The predicted molar refractivity (Wildman–Crippen MR) is 91.3 cm³/mol. The van der Waals surface area contributed by atoms with Crippen molar-refractivity contribution < 1.29 is 9.52 Å². The van der Waals surface area contributed by atoms with Gasteiger partial charge in [0.2, 0.25) is 0 Å². The molecule has 4 aromatic rings. The standard InChI is InChI=1S/C19H15N3O2/c23-8-6-13-1-3-14(4-2-13)18-9-17-19(24-18)16(5-7-22-17)15-10-20-12-21-11-15/h1-5,7,9-12,23H,6,8H2. The molecule has 4 rings (SSSR count). The third-order valence-electron chi connectivity index (χ3n) is 3.92. The van der Waals surface area contributed by atoms with Crippen LogP contribution in [0.3, 0.4) is 0 Å². The first-order chi connectivity index (χ1) is 11.8. The van der Waals surface area contributed by atoms with E-state index in [-0.39, 0.29) is 6.61 Å². The summed E-state index contributed by atoms with van der Waals surface area (Å²) in [6.45, 7) is 0.149. The van der Waals surface area contributed by atoms with E-state index in [1.54, 1.807) is 18.6 Å². The Hall–Kier alpha value is -3.05. The van der Waals surface area contributed by atoms with E-state index in [2.05, 4.69) is 15.0 Å². The number of aliphatic hydroxyl groups is 1. The summed E-state index contributed by atoms with van der Waals surface area (Å²) in [6, 6.07) is 11.8. The second kappa shape index (κ2) is 6.22. The molecule has 0 bridgehead atoms. The maximum absolute atomic E-state index is 9.00. The van der Waals surface area contributed by atoms with Gasteiger partial charge in [-0.1, -0.05) is 24.3 Å². The quantitative estimate of drug-likeness (QED) is 0.624. The van der Waals surface area contributed by atoms with E-state index < -0.39 is 0 Å². The first kappa shape index (κ1) is 14.5. The number of furan rings is 1. The van der Waals surface area contributed by atoms with Gasteiger partial charge in [0.25, 0.3) is 0 Å². The molecule has 0 unspecified atom stereocenters. The molecule has 0 amide bonds. The molecule has 0 aliphatic rings. The van der Waals surface area contributed by atoms with E-state index in [1.807, 2.05) is 36.4 Å². The number of rotatable bonds is 4. The molecule has 5 heteroatoms. The van der Waals surface area contributed by atoms with Crippen molar-refractivity contribution >= 4 is 11.1 Å². The third-order valence-corrected chi connectivity index (χ3v) is 3.92. The maximum atomic E-state index is 9.00. The molecule has 0 saturated heterocycles. The highest BCUT2D eigenvalue weighted by atomic mass is 16.3. The summed E-state index contributed by atoms with van der Waals surface area (Å²) in [6.07, 6.45) is 7.43. The minimum absolute atomic E-state index is 0.149. The van der Waals surface area contributed by atoms with Crippen LogP contribution in [0, 0.1) is 0 Å². The minimum atomic E-state index is 0.149. The first-order valence-corrected chi connectivity index (χ1v) is 7.69. The Morgan fingerprint density at radius 1 is 0.958 bits per heavy atom. The molecule has 1 aromatic carbocycles. The molecule has 0 fully saturated rings. The lowest BCUT2D eigenvalue weighted by Gasteiger charge is -2.01. The molecule has 0 spiro atoms. The van der Waals surface area contributed by atoms with Crippen LogP contribution >= 0.6 is 0 Å². The summed E-state index contributed by atoms with van der Waals surface area (Å²) >= 11 is 0. The number of benzene rings is 1. The molecule has 118 valence electrons.